The molecular formula is C24H23FN6O2. The maximum atomic E-state index is 13.4. The summed E-state index contributed by atoms with van der Waals surface area (Å²) < 4.78 is 17.6. The van der Waals surface area contributed by atoms with Crippen molar-refractivity contribution in [1.82, 2.24) is 23.7 Å². The average molecular weight is 446 g/mol. The Kier molecular flexibility index (Phi) is 5.08. The van der Waals surface area contributed by atoms with Crippen LogP contribution in [0.2, 0.25) is 0 Å². The summed E-state index contributed by atoms with van der Waals surface area (Å²) in [7, 11) is 3.04. The number of nitrogens with zero attached hydrogens (tertiary/aromatic N) is 4. The number of imidazole rings is 1. The molecule has 33 heavy (non-hydrogen) atoms. The van der Waals surface area contributed by atoms with Gasteiger partial charge in [-0.2, -0.15) is 4.98 Å². The van der Waals surface area contributed by atoms with Gasteiger partial charge in [-0.15, -0.1) is 0 Å². The number of hydrogen-bond acceptors (Lipinski definition) is 4. The number of halogens is 1. The lowest BCUT2D eigenvalue weighted by Crippen LogP contribution is -2.37. The number of nitrogens with one attached hydrogen (secondary N) is 2. The molecule has 0 radical (unpaired) electrons. The van der Waals surface area contributed by atoms with E-state index >= 15 is 0 Å². The van der Waals surface area contributed by atoms with Crippen molar-refractivity contribution in [2.45, 2.75) is 13.0 Å². The molecule has 2 N–H and O–H groups in total. The first-order valence-corrected chi connectivity index (χ1v) is 10.6. The van der Waals surface area contributed by atoms with Gasteiger partial charge in [-0.1, -0.05) is 30.3 Å². The smallest absolute Gasteiger partial charge is 0.332 e. The largest absolute Gasteiger partial charge is 0.361 e. The molecule has 0 saturated carbocycles. The first kappa shape index (κ1) is 20.7. The van der Waals surface area contributed by atoms with E-state index in [0.29, 0.717) is 30.2 Å². The van der Waals surface area contributed by atoms with Crippen molar-refractivity contribution in [3.8, 4) is 0 Å². The molecule has 168 valence electrons. The number of rotatable bonds is 6. The Hall–Kier alpha value is -4.14. The minimum atomic E-state index is -0.440. The Bertz CT molecular complexity index is 1590. The molecule has 0 bridgehead atoms. The molecule has 0 spiro atoms. The Labute approximate surface area is 187 Å². The number of aromatic nitrogens is 5. The van der Waals surface area contributed by atoms with Crippen molar-refractivity contribution in [3.63, 3.8) is 0 Å². The number of anilines is 1. The predicted molar refractivity (Wildman–Crippen MR) is 126 cm³/mol. The monoisotopic (exact) mass is 446 g/mol. The van der Waals surface area contributed by atoms with E-state index in [1.807, 2.05) is 24.4 Å². The summed E-state index contributed by atoms with van der Waals surface area (Å²) >= 11 is 0. The number of benzene rings is 2. The van der Waals surface area contributed by atoms with Crippen LogP contribution in [0.4, 0.5) is 10.3 Å². The highest BCUT2D eigenvalue weighted by atomic mass is 19.1. The van der Waals surface area contributed by atoms with E-state index in [0.717, 1.165) is 27.5 Å². The summed E-state index contributed by atoms with van der Waals surface area (Å²) in [5.74, 6) is 0.150. The van der Waals surface area contributed by atoms with Gasteiger partial charge in [-0.3, -0.25) is 18.5 Å². The standard InChI is InChI=1S/C24H23FN6O2/c1-29-21-20(22(32)30(2)24(29)33)31(14-15-7-9-17(25)10-8-15)23(28-21)26-12-11-16-13-27-19-6-4-3-5-18(16)19/h3-10,13,27H,11-12,14H2,1-2H3,(H,26,28). The summed E-state index contributed by atoms with van der Waals surface area (Å²) in [5, 5.41) is 4.49. The lowest BCUT2D eigenvalue weighted by Gasteiger charge is -2.11. The predicted octanol–water partition coefficient (Wildman–Crippen LogP) is 2.76. The van der Waals surface area contributed by atoms with Crippen LogP contribution in [0.3, 0.4) is 0 Å². The highest BCUT2D eigenvalue weighted by molar-refractivity contribution is 5.83. The molecular weight excluding hydrogens is 423 g/mol. The van der Waals surface area contributed by atoms with Gasteiger partial charge in [0.1, 0.15) is 5.82 Å². The molecule has 5 rings (SSSR count). The normalized spacial score (nSPS) is 11.5. The zero-order valence-electron chi connectivity index (χ0n) is 18.3. The van der Waals surface area contributed by atoms with Crippen LogP contribution in [0.1, 0.15) is 11.1 Å². The zero-order valence-corrected chi connectivity index (χ0v) is 18.3. The molecule has 0 unspecified atom stereocenters. The highest BCUT2D eigenvalue weighted by Crippen LogP contribution is 2.20. The molecule has 2 aromatic carbocycles. The van der Waals surface area contributed by atoms with Crippen LogP contribution in [-0.4, -0.2) is 30.2 Å². The maximum absolute atomic E-state index is 13.4. The van der Waals surface area contributed by atoms with Gasteiger partial charge in [-0.25, -0.2) is 9.18 Å². The van der Waals surface area contributed by atoms with Gasteiger partial charge in [0.15, 0.2) is 11.2 Å². The van der Waals surface area contributed by atoms with Crippen molar-refractivity contribution in [2.24, 2.45) is 14.1 Å². The molecule has 0 saturated heterocycles. The highest BCUT2D eigenvalue weighted by Gasteiger charge is 2.19. The van der Waals surface area contributed by atoms with Crippen LogP contribution >= 0.6 is 0 Å². The number of fused-ring (bicyclic) bond motifs is 2. The average Bonchev–Trinajstić information content (AvgIpc) is 3.40. The number of hydrogen-bond donors (Lipinski definition) is 2. The molecule has 0 atom stereocenters. The molecule has 3 aromatic heterocycles. The van der Waals surface area contributed by atoms with Crippen molar-refractivity contribution < 1.29 is 4.39 Å². The molecule has 5 aromatic rings. The molecule has 3 heterocycles. The molecule has 8 nitrogen and oxygen atoms in total. The quantitative estimate of drug-likeness (QED) is 0.420. The van der Waals surface area contributed by atoms with Crippen LogP contribution in [-0.2, 0) is 27.1 Å². The van der Waals surface area contributed by atoms with Crippen LogP contribution in [0, 0.1) is 5.82 Å². The fourth-order valence-electron chi connectivity index (χ4n) is 4.16. The van der Waals surface area contributed by atoms with E-state index in [4.69, 9.17) is 0 Å². The third-order valence-corrected chi connectivity index (χ3v) is 5.95. The molecule has 0 aliphatic heterocycles. The third-order valence-electron chi connectivity index (χ3n) is 5.95. The SMILES string of the molecule is Cn1c(=O)c2c(nc(NCCc3c[nH]c4ccccc34)n2Cc2ccc(F)cc2)n(C)c1=O. The zero-order chi connectivity index (χ0) is 23.1. The van der Waals surface area contributed by atoms with Gasteiger partial charge in [0.25, 0.3) is 5.56 Å². The fourth-order valence-corrected chi connectivity index (χ4v) is 4.16. The number of aryl methyl sites for hydroxylation is 1. The van der Waals surface area contributed by atoms with E-state index in [1.54, 1.807) is 23.7 Å². The van der Waals surface area contributed by atoms with Crippen LogP contribution in [0.5, 0.6) is 0 Å². The topological polar surface area (TPSA) is 89.6 Å². The van der Waals surface area contributed by atoms with Gasteiger partial charge in [-0.05, 0) is 35.7 Å². The summed E-state index contributed by atoms with van der Waals surface area (Å²) in [5.41, 5.74) is 2.82. The van der Waals surface area contributed by atoms with E-state index in [9.17, 15) is 14.0 Å². The second-order valence-electron chi connectivity index (χ2n) is 8.06. The minimum Gasteiger partial charge on any atom is -0.361 e. The fraction of sp³-hybridized carbons (Fsp3) is 0.208. The number of H-pyrrole nitrogens is 1. The first-order valence-electron chi connectivity index (χ1n) is 10.6. The molecule has 0 aliphatic rings. The van der Waals surface area contributed by atoms with Crippen molar-refractivity contribution in [3.05, 3.63) is 92.5 Å². The third kappa shape index (κ3) is 3.61. The Morgan fingerprint density at radius 1 is 1.03 bits per heavy atom. The lowest BCUT2D eigenvalue weighted by molar-refractivity contribution is 0.626. The second kappa shape index (κ2) is 8.09. The van der Waals surface area contributed by atoms with Crippen molar-refractivity contribution >= 4 is 28.0 Å². The molecule has 9 heteroatoms. The minimum absolute atomic E-state index is 0.305. The molecule has 0 amide bonds. The summed E-state index contributed by atoms with van der Waals surface area (Å²) in [6.45, 7) is 0.877. The van der Waals surface area contributed by atoms with Crippen LogP contribution in [0.15, 0.2) is 64.3 Å². The van der Waals surface area contributed by atoms with Gasteiger partial charge in [0.05, 0.1) is 6.54 Å². The summed E-state index contributed by atoms with van der Waals surface area (Å²) in [4.78, 5) is 33.3. The Morgan fingerprint density at radius 2 is 1.79 bits per heavy atom. The van der Waals surface area contributed by atoms with E-state index in [2.05, 4.69) is 21.4 Å². The summed E-state index contributed by atoms with van der Waals surface area (Å²) in [6.07, 6.45) is 2.73. The number of para-hydroxylation sites is 1. The van der Waals surface area contributed by atoms with Crippen molar-refractivity contribution in [1.29, 1.82) is 0 Å². The lowest BCUT2D eigenvalue weighted by atomic mass is 10.1. The second-order valence-corrected chi connectivity index (χ2v) is 8.06. The van der Waals surface area contributed by atoms with E-state index in [-0.39, 0.29) is 5.82 Å². The Balaban J connectivity index is 1.53. The summed E-state index contributed by atoms with van der Waals surface area (Å²) in [6, 6.07) is 14.2. The van der Waals surface area contributed by atoms with Gasteiger partial charge < -0.3 is 10.3 Å². The van der Waals surface area contributed by atoms with Crippen molar-refractivity contribution in [2.75, 3.05) is 11.9 Å². The molecule has 0 aliphatic carbocycles. The van der Waals surface area contributed by atoms with Gasteiger partial charge in [0.2, 0.25) is 5.95 Å². The number of aromatic amines is 1. The van der Waals surface area contributed by atoms with E-state index < -0.39 is 11.2 Å². The molecule has 0 fully saturated rings. The van der Waals surface area contributed by atoms with Crippen LogP contribution < -0.4 is 16.6 Å². The first-order chi connectivity index (χ1) is 15.9. The van der Waals surface area contributed by atoms with E-state index in [1.165, 1.54) is 29.3 Å². The van der Waals surface area contributed by atoms with Gasteiger partial charge >= 0.3 is 5.69 Å². The Morgan fingerprint density at radius 3 is 2.58 bits per heavy atom. The maximum Gasteiger partial charge on any atom is 0.332 e. The van der Waals surface area contributed by atoms with Gasteiger partial charge in [0, 0.05) is 37.7 Å². The van der Waals surface area contributed by atoms with Crippen LogP contribution in [0.25, 0.3) is 22.1 Å².